The topological polar surface area (TPSA) is 66.9 Å². The molecule has 1 aliphatic rings. The summed E-state index contributed by atoms with van der Waals surface area (Å²) in [6.45, 7) is 4.90. The molecule has 0 fully saturated rings. The van der Waals surface area contributed by atoms with Gasteiger partial charge in [-0.05, 0) is 78.9 Å². The predicted octanol–water partition coefficient (Wildman–Crippen LogP) is 7.03. The molecule has 39 heavy (non-hydrogen) atoms. The molecule has 0 radical (unpaired) electrons. The van der Waals surface area contributed by atoms with Gasteiger partial charge in [0.05, 0.1) is 6.61 Å². The highest BCUT2D eigenvalue weighted by Gasteiger charge is 2.33. The van der Waals surface area contributed by atoms with Gasteiger partial charge in [0, 0.05) is 45.3 Å². The Labute approximate surface area is 236 Å². The highest BCUT2D eigenvalue weighted by molar-refractivity contribution is 9.10. The molecule has 0 saturated carbocycles. The van der Waals surface area contributed by atoms with Crippen LogP contribution >= 0.6 is 15.9 Å². The molecular weight excluding hydrogens is 556 g/mol. The van der Waals surface area contributed by atoms with Crippen molar-refractivity contribution in [2.24, 2.45) is 0 Å². The normalized spacial score (nSPS) is 12.6. The molecule has 1 aliphatic heterocycles. The lowest BCUT2D eigenvalue weighted by atomic mass is 9.94. The Morgan fingerprint density at radius 2 is 1.64 bits per heavy atom. The zero-order valence-electron chi connectivity index (χ0n) is 21.9. The van der Waals surface area contributed by atoms with E-state index in [0.717, 1.165) is 28.3 Å². The van der Waals surface area contributed by atoms with Crippen molar-refractivity contribution >= 4 is 50.1 Å². The second kappa shape index (κ2) is 11.4. The molecule has 6 nitrogen and oxygen atoms in total. The maximum atomic E-state index is 13.7. The van der Waals surface area contributed by atoms with Crippen LogP contribution in [0.3, 0.4) is 0 Å². The molecule has 0 spiro atoms. The highest BCUT2D eigenvalue weighted by atomic mass is 79.9. The van der Waals surface area contributed by atoms with E-state index in [1.165, 1.54) is 4.90 Å². The molecule has 198 valence electrons. The summed E-state index contributed by atoms with van der Waals surface area (Å²) in [7, 11) is 0. The molecule has 1 heterocycles. The maximum absolute atomic E-state index is 13.7. The largest absolute Gasteiger partial charge is 0.494 e. The van der Waals surface area contributed by atoms with E-state index in [0.29, 0.717) is 40.1 Å². The first-order valence-electron chi connectivity index (χ1n) is 13.1. The van der Waals surface area contributed by atoms with Gasteiger partial charge >= 0.3 is 0 Å². The minimum atomic E-state index is -0.360. The number of hydrogen-bond donors (Lipinski definition) is 0. The number of unbranched alkanes of at least 4 members (excludes halogenated alkanes) is 1. The van der Waals surface area contributed by atoms with E-state index in [1.54, 1.807) is 41.3 Å². The Hall–Kier alpha value is -3.97. The first-order valence-corrected chi connectivity index (χ1v) is 13.9. The summed E-state index contributed by atoms with van der Waals surface area (Å²) in [5.41, 5.74) is 3.16. The van der Waals surface area contributed by atoms with Crippen molar-refractivity contribution in [2.75, 3.05) is 24.6 Å². The van der Waals surface area contributed by atoms with Crippen LogP contribution in [-0.4, -0.2) is 42.3 Å². The van der Waals surface area contributed by atoms with E-state index in [4.69, 9.17) is 4.74 Å². The zero-order chi connectivity index (χ0) is 27.5. The van der Waals surface area contributed by atoms with Crippen molar-refractivity contribution in [3.05, 3.63) is 106 Å². The second-order valence-electron chi connectivity index (χ2n) is 9.61. The van der Waals surface area contributed by atoms with Crippen LogP contribution in [0.5, 0.6) is 5.75 Å². The number of hydrogen-bond acceptors (Lipinski definition) is 4. The average molecular weight is 585 g/mol. The molecule has 5 rings (SSSR count). The van der Waals surface area contributed by atoms with Crippen LogP contribution < -0.4 is 9.64 Å². The van der Waals surface area contributed by atoms with E-state index in [9.17, 15) is 14.4 Å². The van der Waals surface area contributed by atoms with Crippen molar-refractivity contribution in [2.45, 2.75) is 26.7 Å². The maximum Gasteiger partial charge on any atom is 0.261 e. The average Bonchev–Trinajstić information content (AvgIpc) is 2.94. The van der Waals surface area contributed by atoms with Gasteiger partial charge < -0.3 is 9.64 Å². The molecule has 0 aromatic heterocycles. The molecule has 0 aliphatic carbocycles. The van der Waals surface area contributed by atoms with Gasteiger partial charge in [0.2, 0.25) is 0 Å². The molecule has 7 heteroatoms. The number of amides is 3. The third kappa shape index (κ3) is 5.32. The van der Waals surface area contributed by atoms with Crippen LogP contribution in [0.25, 0.3) is 10.8 Å². The Morgan fingerprint density at radius 1 is 0.923 bits per heavy atom. The van der Waals surface area contributed by atoms with Gasteiger partial charge in [-0.15, -0.1) is 0 Å². The third-order valence-corrected chi connectivity index (χ3v) is 7.60. The number of imide groups is 1. The Bertz CT molecular complexity index is 1540. The molecule has 3 amide bonds. The lowest BCUT2D eigenvalue weighted by molar-refractivity contribution is 0.0611. The van der Waals surface area contributed by atoms with Crippen LogP contribution in [0.4, 0.5) is 5.69 Å². The zero-order valence-corrected chi connectivity index (χ0v) is 23.5. The number of halogens is 1. The van der Waals surface area contributed by atoms with E-state index in [1.807, 2.05) is 49.4 Å². The van der Waals surface area contributed by atoms with Crippen molar-refractivity contribution in [1.29, 1.82) is 0 Å². The molecule has 0 N–H and O–H groups in total. The first kappa shape index (κ1) is 26.6. The van der Waals surface area contributed by atoms with Crippen LogP contribution in [0.1, 0.15) is 56.4 Å². The monoisotopic (exact) mass is 584 g/mol. The Balaban J connectivity index is 1.42. The Morgan fingerprint density at radius 3 is 2.36 bits per heavy atom. The lowest BCUT2D eigenvalue weighted by Gasteiger charge is -2.30. The standard InChI is InChI=1S/C32H29BrN2O4/c1-3-4-19-39-24-13-11-22(12-14-24)30(36)34(23-8-5-7-21(2)20-23)17-18-35-31(37)26-10-6-9-25-28(33)16-15-27(29(25)26)32(35)38/h5-16,20H,3-4,17-19H2,1-2H3. The van der Waals surface area contributed by atoms with Gasteiger partial charge in [-0.2, -0.15) is 0 Å². The number of benzene rings is 4. The molecule has 0 saturated heterocycles. The number of carbonyl (C=O) groups excluding carboxylic acids is 3. The second-order valence-corrected chi connectivity index (χ2v) is 10.5. The van der Waals surface area contributed by atoms with Gasteiger partial charge in [-0.3, -0.25) is 19.3 Å². The number of anilines is 1. The number of aryl methyl sites for hydroxylation is 1. The number of ether oxygens (including phenoxy) is 1. The summed E-state index contributed by atoms with van der Waals surface area (Å²) >= 11 is 3.52. The third-order valence-electron chi connectivity index (χ3n) is 6.91. The highest BCUT2D eigenvalue weighted by Crippen LogP contribution is 2.34. The predicted molar refractivity (Wildman–Crippen MR) is 157 cm³/mol. The molecular formula is C32H29BrN2O4. The van der Waals surface area contributed by atoms with Gasteiger partial charge in [0.1, 0.15) is 5.75 Å². The van der Waals surface area contributed by atoms with Gasteiger partial charge in [0.25, 0.3) is 17.7 Å². The number of carbonyl (C=O) groups is 3. The van der Waals surface area contributed by atoms with E-state index >= 15 is 0 Å². The SMILES string of the molecule is CCCCOc1ccc(C(=O)N(CCN2C(=O)c3cccc4c(Br)ccc(c34)C2=O)c2cccc(C)c2)cc1. The van der Waals surface area contributed by atoms with Gasteiger partial charge in [-0.25, -0.2) is 0 Å². The molecule has 4 aromatic carbocycles. The van der Waals surface area contributed by atoms with Gasteiger partial charge in [0.15, 0.2) is 0 Å². The summed E-state index contributed by atoms with van der Waals surface area (Å²) in [5, 5.41) is 1.48. The number of rotatable bonds is 9. The molecule has 0 unspecified atom stereocenters. The van der Waals surface area contributed by atoms with Crippen molar-refractivity contribution < 1.29 is 19.1 Å². The quantitative estimate of drug-likeness (QED) is 0.156. The van der Waals surface area contributed by atoms with Crippen LogP contribution in [-0.2, 0) is 0 Å². The summed E-state index contributed by atoms with van der Waals surface area (Å²) in [6.07, 6.45) is 2.01. The fraction of sp³-hybridized carbons (Fsp3) is 0.219. The van der Waals surface area contributed by atoms with E-state index < -0.39 is 0 Å². The van der Waals surface area contributed by atoms with E-state index in [2.05, 4.69) is 22.9 Å². The molecule has 4 aromatic rings. The van der Waals surface area contributed by atoms with Crippen molar-refractivity contribution in [3.63, 3.8) is 0 Å². The van der Waals surface area contributed by atoms with Crippen LogP contribution in [0.2, 0.25) is 0 Å². The smallest absolute Gasteiger partial charge is 0.261 e. The minimum Gasteiger partial charge on any atom is -0.494 e. The van der Waals surface area contributed by atoms with Crippen molar-refractivity contribution in [3.8, 4) is 5.75 Å². The van der Waals surface area contributed by atoms with E-state index in [-0.39, 0.29) is 30.8 Å². The summed E-state index contributed by atoms with van der Waals surface area (Å²) in [6, 6.07) is 23.7. The minimum absolute atomic E-state index is 0.0570. The fourth-order valence-electron chi connectivity index (χ4n) is 4.84. The summed E-state index contributed by atoms with van der Waals surface area (Å²) in [5.74, 6) is -0.224. The van der Waals surface area contributed by atoms with Crippen molar-refractivity contribution in [1.82, 2.24) is 4.90 Å². The molecule has 0 atom stereocenters. The first-order chi connectivity index (χ1) is 18.9. The summed E-state index contributed by atoms with van der Waals surface area (Å²) < 4.78 is 6.57. The molecule has 0 bridgehead atoms. The Kier molecular flexibility index (Phi) is 7.79. The fourth-order valence-corrected chi connectivity index (χ4v) is 5.30. The number of nitrogens with zero attached hydrogens (tertiary/aromatic N) is 2. The van der Waals surface area contributed by atoms with Crippen LogP contribution in [0.15, 0.2) is 83.3 Å². The summed E-state index contributed by atoms with van der Waals surface area (Å²) in [4.78, 5) is 43.6. The lowest BCUT2D eigenvalue weighted by Crippen LogP contribution is -2.46. The van der Waals surface area contributed by atoms with Crippen LogP contribution in [0, 0.1) is 6.92 Å². The van der Waals surface area contributed by atoms with Gasteiger partial charge in [-0.1, -0.05) is 53.5 Å².